The van der Waals surface area contributed by atoms with Crippen LogP contribution in [0.5, 0.6) is 0 Å². The first-order chi connectivity index (χ1) is 21.0. The number of H-pyrrole nitrogens is 1. The van der Waals surface area contributed by atoms with Crippen LogP contribution in [-0.4, -0.2) is 30.6 Å². The molecule has 3 aromatic carbocycles. The Labute approximate surface area is 250 Å². The molecule has 0 bridgehead atoms. The molecule has 5 N–H and O–H groups in total. The van der Waals surface area contributed by atoms with Gasteiger partial charge >= 0.3 is 0 Å². The number of aryl methyl sites for hydroxylation is 3. The number of carbonyl (C=O) groups excluding carboxylic acids is 1. The molecule has 0 spiro atoms. The van der Waals surface area contributed by atoms with Crippen LogP contribution in [0.1, 0.15) is 62.7 Å². The second kappa shape index (κ2) is 12.3. The fraction of sp³-hybridized carbons (Fsp3) is 0.200. The number of nitrogens with two attached hydrogens (primary N) is 2. The summed E-state index contributed by atoms with van der Waals surface area (Å²) in [5.74, 6) is 0.764. The lowest BCUT2D eigenvalue weighted by Crippen LogP contribution is -2.22. The zero-order valence-corrected chi connectivity index (χ0v) is 24.2. The predicted molar refractivity (Wildman–Crippen MR) is 170 cm³/mol. The van der Waals surface area contributed by atoms with Gasteiger partial charge in [0.05, 0.1) is 12.1 Å². The summed E-state index contributed by atoms with van der Waals surface area (Å²) in [4.78, 5) is 20.3. The van der Waals surface area contributed by atoms with Gasteiger partial charge in [-0.3, -0.25) is 4.79 Å². The van der Waals surface area contributed by atoms with Gasteiger partial charge in [0, 0.05) is 35.6 Å². The van der Waals surface area contributed by atoms with Gasteiger partial charge in [0.1, 0.15) is 17.5 Å². The van der Waals surface area contributed by atoms with Crippen LogP contribution in [0.3, 0.4) is 0 Å². The van der Waals surface area contributed by atoms with Crippen LogP contribution in [0.4, 0.5) is 5.82 Å². The fourth-order valence-corrected chi connectivity index (χ4v) is 5.84. The first-order valence-corrected chi connectivity index (χ1v) is 14.6. The van der Waals surface area contributed by atoms with Gasteiger partial charge in [-0.1, -0.05) is 79.7 Å². The minimum absolute atomic E-state index is 0.111. The average Bonchev–Trinajstić information content (AvgIpc) is 3.63. The van der Waals surface area contributed by atoms with E-state index in [0.29, 0.717) is 24.9 Å². The minimum atomic E-state index is -0.616. The highest BCUT2D eigenvalue weighted by molar-refractivity contribution is 5.99. The van der Waals surface area contributed by atoms with E-state index in [1.54, 1.807) is 6.20 Å². The fourth-order valence-electron chi connectivity index (χ4n) is 5.84. The van der Waals surface area contributed by atoms with Crippen LogP contribution in [-0.2, 0) is 32.2 Å². The van der Waals surface area contributed by atoms with Crippen molar-refractivity contribution >= 4 is 22.6 Å². The average molecular weight is 570 g/mol. The van der Waals surface area contributed by atoms with E-state index in [9.17, 15) is 4.79 Å². The van der Waals surface area contributed by atoms with Crippen molar-refractivity contribution < 1.29 is 4.79 Å². The number of aromatic nitrogens is 5. The number of rotatable bonds is 11. The van der Waals surface area contributed by atoms with E-state index < -0.39 is 5.91 Å². The van der Waals surface area contributed by atoms with Crippen molar-refractivity contribution in [2.24, 2.45) is 5.73 Å². The number of nitrogens with zero attached hydrogens (tertiary/aromatic N) is 4. The molecule has 0 saturated carbocycles. The number of benzene rings is 3. The molecule has 8 heteroatoms. The summed E-state index contributed by atoms with van der Waals surface area (Å²) in [6.07, 6.45) is 6.72. The van der Waals surface area contributed by atoms with Gasteiger partial charge in [0.2, 0.25) is 0 Å². The summed E-state index contributed by atoms with van der Waals surface area (Å²) < 4.78 is 2.20. The molecule has 3 heterocycles. The third kappa shape index (κ3) is 5.90. The van der Waals surface area contributed by atoms with Crippen LogP contribution >= 0.6 is 0 Å². The van der Waals surface area contributed by atoms with Crippen molar-refractivity contribution in [3.63, 3.8) is 0 Å². The van der Waals surface area contributed by atoms with E-state index >= 15 is 0 Å². The Hall–Kier alpha value is -5.24. The van der Waals surface area contributed by atoms with Gasteiger partial charge in [0.25, 0.3) is 5.91 Å². The quantitative estimate of drug-likeness (QED) is 0.187. The van der Waals surface area contributed by atoms with Crippen molar-refractivity contribution in [3.8, 4) is 0 Å². The van der Waals surface area contributed by atoms with Crippen molar-refractivity contribution in [2.45, 2.75) is 45.1 Å². The molecule has 6 aromatic rings. The molecule has 1 amide bonds. The number of primary amides is 1. The Morgan fingerprint density at radius 2 is 1.63 bits per heavy atom. The van der Waals surface area contributed by atoms with Crippen molar-refractivity contribution in [1.82, 2.24) is 24.7 Å². The predicted octanol–water partition coefficient (Wildman–Crippen LogP) is 5.61. The summed E-state index contributed by atoms with van der Waals surface area (Å²) in [6.45, 7) is 2.74. The SMILES string of the molecule is CCc1ccc(Cn2c(CCc3ccccc3)nnc2[C@H](Cc2c[nH]c3ccccc23)c2ccnc(N)c2C(N)=O)cc1. The van der Waals surface area contributed by atoms with Crippen LogP contribution in [0.25, 0.3) is 10.9 Å². The first kappa shape index (κ1) is 27.9. The van der Waals surface area contributed by atoms with Gasteiger partial charge in [0.15, 0.2) is 0 Å². The molecule has 0 saturated heterocycles. The Bertz CT molecular complexity index is 1860. The smallest absolute Gasteiger partial charge is 0.252 e. The molecule has 6 rings (SSSR count). The maximum absolute atomic E-state index is 12.7. The van der Waals surface area contributed by atoms with Crippen LogP contribution in [0.15, 0.2) is 97.3 Å². The van der Waals surface area contributed by atoms with Crippen molar-refractivity contribution in [2.75, 3.05) is 5.73 Å². The molecule has 0 radical (unpaired) electrons. The second-order valence-electron chi connectivity index (χ2n) is 10.9. The van der Waals surface area contributed by atoms with Crippen LogP contribution < -0.4 is 11.5 Å². The van der Waals surface area contributed by atoms with Gasteiger partial charge in [-0.05, 0) is 59.2 Å². The second-order valence-corrected chi connectivity index (χ2v) is 10.9. The number of fused-ring (bicyclic) bond motifs is 1. The van der Waals surface area contributed by atoms with Gasteiger partial charge in [-0.25, -0.2) is 4.98 Å². The highest BCUT2D eigenvalue weighted by atomic mass is 16.1. The first-order valence-electron chi connectivity index (χ1n) is 14.6. The van der Waals surface area contributed by atoms with E-state index in [1.807, 2.05) is 30.5 Å². The van der Waals surface area contributed by atoms with Crippen LogP contribution in [0.2, 0.25) is 0 Å². The van der Waals surface area contributed by atoms with Crippen molar-refractivity contribution in [1.29, 1.82) is 0 Å². The number of pyridine rings is 1. The Morgan fingerprint density at radius 1 is 0.884 bits per heavy atom. The summed E-state index contributed by atoms with van der Waals surface area (Å²) in [7, 11) is 0. The molecule has 3 aromatic heterocycles. The molecule has 0 aliphatic rings. The lowest BCUT2D eigenvalue weighted by Gasteiger charge is -2.21. The van der Waals surface area contributed by atoms with Crippen LogP contribution in [0, 0.1) is 0 Å². The number of hydrogen-bond acceptors (Lipinski definition) is 5. The summed E-state index contributed by atoms with van der Waals surface area (Å²) in [6, 6.07) is 29.1. The molecule has 0 fully saturated rings. The molecule has 0 unspecified atom stereocenters. The number of carbonyl (C=O) groups is 1. The van der Waals surface area contributed by atoms with E-state index in [1.165, 1.54) is 11.1 Å². The third-order valence-corrected chi connectivity index (χ3v) is 8.15. The normalized spacial score (nSPS) is 12.0. The number of aromatic amines is 1. The highest BCUT2D eigenvalue weighted by Crippen LogP contribution is 2.34. The molecular weight excluding hydrogens is 534 g/mol. The van der Waals surface area contributed by atoms with Gasteiger partial charge < -0.3 is 21.0 Å². The standard InChI is InChI=1S/C35H35N7O/c1-2-23-12-14-25(15-13-23)22-42-31(17-16-24-8-4-3-5-9-24)40-41-35(42)29(28-18-19-38-33(36)32(28)34(37)43)20-26-21-39-30-11-7-6-10-27(26)30/h3-15,18-19,21,29,39H,2,16-17,20,22H2,1H3,(H2,36,38)(H2,37,43)/t29-/m1/s1. The molecule has 0 aliphatic carbocycles. The number of anilines is 1. The largest absolute Gasteiger partial charge is 0.383 e. The molecule has 43 heavy (non-hydrogen) atoms. The molecule has 8 nitrogen and oxygen atoms in total. The summed E-state index contributed by atoms with van der Waals surface area (Å²) in [5, 5.41) is 10.7. The van der Waals surface area contributed by atoms with Gasteiger partial charge in [-0.2, -0.15) is 0 Å². The number of para-hydroxylation sites is 1. The number of nitrogen functional groups attached to an aromatic ring is 1. The molecule has 1 atom stereocenters. The Morgan fingerprint density at radius 3 is 2.40 bits per heavy atom. The van der Waals surface area contributed by atoms with E-state index in [-0.39, 0.29) is 17.3 Å². The summed E-state index contributed by atoms with van der Waals surface area (Å²) in [5.41, 5.74) is 18.9. The molecular formula is C35H35N7O. The monoisotopic (exact) mass is 569 g/mol. The van der Waals surface area contributed by atoms with E-state index in [4.69, 9.17) is 21.7 Å². The number of nitrogens with one attached hydrogen (secondary N) is 1. The minimum Gasteiger partial charge on any atom is -0.383 e. The lowest BCUT2D eigenvalue weighted by atomic mass is 9.88. The highest BCUT2D eigenvalue weighted by Gasteiger charge is 2.29. The van der Waals surface area contributed by atoms with E-state index in [0.717, 1.165) is 46.5 Å². The molecule has 0 aliphatic heterocycles. The zero-order chi connectivity index (χ0) is 29.8. The molecule has 216 valence electrons. The van der Waals surface area contributed by atoms with Crippen molar-refractivity contribution in [3.05, 3.63) is 142 Å². The Kier molecular flexibility index (Phi) is 8.00. The maximum Gasteiger partial charge on any atom is 0.252 e. The topological polar surface area (TPSA) is 128 Å². The Balaban J connectivity index is 1.49. The zero-order valence-electron chi connectivity index (χ0n) is 24.2. The lowest BCUT2D eigenvalue weighted by molar-refractivity contribution is 0.0999. The maximum atomic E-state index is 12.7. The third-order valence-electron chi connectivity index (χ3n) is 8.15. The van der Waals surface area contributed by atoms with Gasteiger partial charge in [-0.15, -0.1) is 10.2 Å². The number of amides is 1. The number of hydrogen-bond donors (Lipinski definition) is 3. The van der Waals surface area contributed by atoms with E-state index in [2.05, 4.69) is 82.1 Å². The summed E-state index contributed by atoms with van der Waals surface area (Å²) >= 11 is 0.